The van der Waals surface area contributed by atoms with Gasteiger partial charge in [-0.1, -0.05) is 18.2 Å². The lowest BCUT2D eigenvalue weighted by Gasteiger charge is -2.16. The Balaban J connectivity index is 2.37. The number of aliphatic hydroxyl groups is 1. The summed E-state index contributed by atoms with van der Waals surface area (Å²) in [4.78, 5) is 1.49. The first-order valence-corrected chi connectivity index (χ1v) is 7.17. The molecule has 1 heterocycles. The molecule has 0 aliphatic rings. The molecule has 2 nitrogen and oxygen atoms in total. The van der Waals surface area contributed by atoms with Crippen molar-refractivity contribution in [3.05, 3.63) is 50.1 Å². The van der Waals surface area contributed by atoms with Crippen LogP contribution in [0.4, 0.5) is 13.2 Å². The molecule has 108 valence electrons. The predicted molar refractivity (Wildman–Crippen MR) is 73.9 cm³/mol. The van der Waals surface area contributed by atoms with Gasteiger partial charge in [0.15, 0.2) is 0 Å². The first kappa shape index (κ1) is 15.3. The van der Waals surface area contributed by atoms with Crippen LogP contribution in [-0.2, 0) is 0 Å². The first-order valence-electron chi connectivity index (χ1n) is 5.56. The number of aliphatic hydroxyl groups excluding tert-OH is 1. The lowest BCUT2D eigenvalue weighted by molar-refractivity contribution is -0.275. The molecule has 0 saturated heterocycles. The molecule has 0 fully saturated rings. The van der Waals surface area contributed by atoms with E-state index in [1.165, 1.54) is 29.5 Å². The van der Waals surface area contributed by atoms with Crippen LogP contribution < -0.4 is 4.74 Å². The van der Waals surface area contributed by atoms with Crippen LogP contribution in [0.25, 0.3) is 0 Å². The van der Waals surface area contributed by atoms with Gasteiger partial charge in [-0.25, -0.2) is 0 Å². The van der Waals surface area contributed by atoms with Crippen molar-refractivity contribution in [3.63, 3.8) is 0 Å². The fourth-order valence-electron chi connectivity index (χ4n) is 1.69. The van der Waals surface area contributed by atoms with Crippen molar-refractivity contribution in [2.24, 2.45) is 0 Å². The van der Waals surface area contributed by atoms with Crippen molar-refractivity contribution in [3.8, 4) is 5.75 Å². The SMILES string of the molecule is Cc1sc(C(O)c2ccccc2OC(F)(F)F)cc1Br. The number of ether oxygens (including phenoxy) is 1. The van der Waals surface area contributed by atoms with E-state index in [4.69, 9.17) is 0 Å². The van der Waals surface area contributed by atoms with Crippen LogP contribution in [0, 0.1) is 6.92 Å². The Labute approximate surface area is 125 Å². The summed E-state index contributed by atoms with van der Waals surface area (Å²) in [7, 11) is 0. The van der Waals surface area contributed by atoms with Crippen LogP contribution in [0.5, 0.6) is 5.75 Å². The number of hydrogen-bond acceptors (Lipinski definition) is 3. The summed E-state index contributed by atoms with van der Waals surface area (Å²) in [5.74, 6) is -0.394. The highest BCUT2D eigenvalue weighted by atomic mass is 79.9. The second-order valence-corrected chi connectivity index (χ2v) is 6.18. The highest BCUT2D eigenvalue weighted by Crippen LogP contribution is 2.38. The zero-order valence-electron chi connectivity index (χ0n) is 10.2. The van der Waals surface area contributed by atoms with Gasteiger partial charge in [0, 0.05) is 19.8 Å². The van der Waals surface area contributed by atoms with E-state index < -0.39 is 18.2 Å². The third-order valence-corrected chi connectivity index (χ3v) is 4.77. The van der Waals surface area contributed by atoms with E-state index in [1.54, 1.807) is 12.1 Å². The molecule has 2 rings (SSSR count). The standard InChI is InChI=1S/C13H10BrF3O2S/c1-7-9(14)6-11(20-7)12(18)8-4-2-3-5-10(8)19-13(15,16)17/h2-6,12,18H,1H3. The molecule has 1 unspecified atom stereocenters. The Morgan fingerprint density at radius 3 is 2.50 bits per heavy atom. The van der Waals surface area contributed by atoms with Gasteiger partial charge < -0.3 is 9.84 Å². The largest absolute Gasteiger partial charge is 0.573 e. The third kappa shape index (κ3) is 3.53. The predicted octanol–water partition coefficient (Wildman–Crippen LogP) is 4.80. The second kappa shape index (κ2) is 5.75. The van der Waals surface area contributed by atoms with Gasteiger partial charge in [0.05, 0.1) is 0 Å². The average molecular weight is 367 g/mol. The summed E-state index contributed by atoms with van der Waals surface area (Å²) in [6.07, 6.45) is -5.95. The van der Waals surface area contributed by atoms with Crippen molar-refractivity contribution >= 4 is 27.3 Å². The average Bonchev–Trinajstić information content (AvgIpc) is 2.67. The molecule has 0 bridgehead atoms. The Hall–Kier alpha value is -1.05. The molecule has 0 aliphatic heterocycles. The van der Waals surface area contributed by atoms with E-state index in [-0.39, 0.29) is 5.56 Å². The molecule has 1 aromatic heterocycles. The molecule has 2 aromatic rings. The molecule has 7 heteroatoms. The summed E-state index contributed by atoms with van der Waals surface area (Å²) in [5.41, 5.74) is 0.0820. The fourth-order valence-corrected chi connectivity index (χ4v) is 3.26. The molecule has 1 aromatic carbocycles. The van der Waals surface area contributed by atoms with Crippen molar-refractivity contribution in [1.82, 2.24) is 0 Å². The minimum atomic E-state index is -4.79. The molecular formula is C13H10BrF3O2S. The van der Waals surface area contributed by atoms with E-state index in [0.29, 0.717) is 4.88 Å². The van der Waals surface area contributed by atoms with Gasteiger partial charge in [-0.15, -0.1) is 24.5 Å². The maximum absolute atomic E-state index is 12.3. The van der Waals surface area contributed by atoms with Crippen LogP contribution in [0.1, 0.15) is 21.4 Å². The monoisotopic (exact) mass is 366 g/mol. The number of benzene rings is 1. The zero-order chi connectivity index (χ0) is 14.9. The van der Waals surface area contributed by atoms with Crippen molar-refractivity contribution in [1.29, 1.82) is 0 Å². The van der Waals surface area contributed by atoms with E-state index >= 15 is 0 Å². The van der Waals surface area contributed by atoms with Gasteiger partial charge in [-0.3, -0.25) is 0 Å². The molecule has 0 aliphatic carbocycles. The quantitative estimate of drug-likeness (QED) is 0.845. The molecule has 0 radical (unpaired) electrons. The highest BCUT2D eigenvalue weighted by molar-refractivity contribution is 9.10. The minimum Gasteiger partial charge on any atom is -0.405 e. The number of thiophene rings is 1. The van der Waals surface area contributed by atoms with Crippen LogP contribution >= 0.6 is 27.3 Å². The summed E-state index contributed by atoms with van der Waals surface area (Å²) in [6, 6.07) is 7.26. The maximum Gasteiger partial charge on any atom is 0.573 e. The molecule has 1 atom stereocenters. The third-order valence-electron chi connectivity index (χ3n) is 2.59. The summed E-state index contributed by atoms with van der Waals surface area (Å²) in [6.45, 7) is 1.85. The van der Waals surface area contributed by atoms with Gasteiger partial charge >= 0.3 is 6.36 Å². The number of halogens is 4. The molecule has 0 amide bonds. The van der Waals surface area contributed by atoms with Crippen molar-refractivity contribution < 1.29 is 23.0 Å². The summed E-state index contributed by atoms with van der Waals surface area (Å²) >= 11 is 4.62. The van der Waals surface area contributed by atoms with E-state index in [2.05, 4.69) is 20.7 Å². The number of rotatable bonds is 3. The van der Waals surface area contributed by atoms with Gasteiger partial charge in [0.2, 0.25) is 0 Å². The summed E-state index contributed by atoms with van der Waals surface area (Å²) in [5, 5.41) is 10.2. The molecular weight excluding hydrogens is 357 g/mol. The molecule has 0 spiro atoms. The Morgan fingerprint density at radius 1 is 1.30 bits per heavy atom. The van der Waals surface area contributed by atoms with Crippen LogP contribution in [0.2, 0.25) is 0 Å². The molecule has 20 heavy (non-hydrogen) atoms. The lowest BCUT2D eigenvalue weighted by Crippen LogP contribution is -2.18. The smallest absolute Gasteiger partial charge is 0.405 e. The van der Waals surface area contributed by atoms with E-state index in [0.717, 1.165) is 9.35 Å². The zero-order valence-corrected chi connectivity index (χ0v) is 12.6. The minimum absolute atomic E-state index is 0.0820. The number of aryl methyl sites for hydroxylation is 1. The highest BCUT2D eigenvalue weighted by Gasteiger charge is 2.33. The Bertz CT molecular complexity index is 590. The van der Waals surface area contributed by atoms with Gasteiger partial charge in [0.1, 0.15) is 11.9 Å². The fraction of sp³-hybridized carbons (Fsp3) is 0.231. The molecule has 0 saturated carbocycles. The first-order chi connectivity index (χ1) is 9.28. The van der Waals surface area contributed by atoms with Crippen LogP contribution in [-0.4, -0.2) is 11.5 Å². The van der Waals surface area contributed by atoms with Crippen molar-refractivity contribution in [2.75, 3.05) is 0 Å². The Morgan fingerprint density at radius 2 is 1.95 bits per heavy atom. The Kier molecular flexibility index (Phi) is 4.41. The topological polar surface area (TPSA) is 29.5 Å². The van der Waals surface area contributed by atoms with Gasteiger partial charge in [-0.2, -0.15) is 0 Å². The number of alkyl halides is 3. The van der Waals surface area contributed by atoms with E-state index in [1.807, 2.05) is 6.92 Å². The summed E-state index contributed by atoms with van der Waals surface area (Å²) < 4.78 is 41.8. The number of hydrogen-bond donors (Lipinski definition) is 1. The van der Waals surface area contributed by atoms with Crippen LogP contribution in [0.15, 0.2) is 34.8 Å². The lowest BCUT2D eigenvalue weighted by atomic mass is 10.1. The normalized spacial score (nSPS) is 13.3. The maximum atomic E-state index is 12.3. The molecule has 1 N–H and O–H groups in total. The second-order valence-electron chi connectivity index (χ2n) is 4.04. The van der Waals surface area contributed by atoms with Gasteiger partial charge in [-0.05, 0) is 35.0 Å². The van der Waals surface area contributed by atoms with E-state index in [9.17, 15) is 18.3 Å². The van der Waals surface area contributed by atoms with Gasteiger partial charge in [0.25, 0.3) is 0 Å². The van der Waals surface area contributed by atoms with Crippen molar-refractivity contribution in [2.45, 2.75) is 19.4 Å². The van der Waals surface area contributed by atoms with Crippen LogP contribution in [0.3, 0.4) is 0 Å². The number of para-hydroxylation sites is 1.